The van der Waals surface area contributed by atoms with E-state index in [1.807, 2.05) is 11.5 Å². The van der Waals surface area contributed by atoms with Crippen molar-refractivity contribution in [3.05, 3.63) is 34.1 Å². The molecule has 0 N–H and O–H groups in total. The molecule has 7 heteroatoms. The number of nitro benzene ring substituents is 1. The Kier molecular flexibility index (Phi) is 6.01. The summed E-state index contributed by atoms with van der Waals surface area (Å²) in [6.45, 7) is 8.62. The topological polar surface area (TPSA) is 87.3 Å². The van der Waals surface area contributed by atoms with Crippen molar-refractivity contribution < 1.29 is 14.5 Å². The predicted molar refractivity (Wildman–Crippen MR) is 107 cm³/mol. The van der Waals surface area contributed by atoms with Gasteiger partial charge in [-0.3, -0.25) is 14.9 Å². The highest BCUT2D eigenvalue weighted by Crippen LogP contribution is 2.35. The molecule has 1 fully saturated rings. The molecule has 1 aliphatic rings. The van der Waals surface area contributed by atoms with Crippen LogP contribution in [-0.2, 0) is 22.5 Å². The summed E-state index contributed by atoms with van der Waals surface area (Å²) < 4.78 is 7.74. The summed E-state index contributed by atoms with van der Waals surface area (Å²) in [5.74, 6) is 1.90. The van der Waals surface area contributed by atoms with Crippen LogP contribution in [0.15, 0.2) is 18.2 Å². The molecule has 0 radical (unpaired) electrons. The summed E-state index contributed by atoms with van der Waals surface area (Å²) in [6.07, 6.45) is 3.77. The minimum Gasteiger partial charge on any atom is -0.461 e. The summed E-state index contributed by atoms with van der Waals surface area (Å²) >= 11 is 0. The van der Waals surface area contributed by atoms with Crippen molar-refractivity contribution in [3.8, 4) is 0 Å². The molecule has 1 aromatic heterocycles. The van der Waals surface area contributed by atoms with Gasteiger partial charge in [0.1, 0.15) is 18.5 Å². The number of carbonyl (C=O) groups is 1. The monoisotopic (exact) mass is 387 g/mol. The number of aromatic nitrogens is 2. The Morgan fingerprint density at radius 1 is 1.39 bits per heavy atom. The van der Waals surface area contributed by atoms with Gasteiger partial charge >= 0.3 is 5.97 Å². The predicted octanol–water partition coefficient (Wildman–Crippen LogP) is 4.51. The molecule has 7 nitrogen and oxygen atoms in total. The Morgan fingerprint density at radius 3 is 2.79 bits per heavy atom. The van der Waals surface area contributed by atoms with Crippen molar-refractivity contribution in [3.63, 3.8) is 0 Å². The summed E-state index contributed by atoms with van der Waals surface area (Å²) in [5, 5.41) is 11.0. The first kappa shape index (κ1) is 20.3. The van der Waals surface area contributed by atoms with Gasteiger partial charge < -0.3 is 9.30 Å². The molecule has 0 bridgehead atoms. The van der Waals surface area contributed by atoms with E-state index in [2.05, 4.69) is 25.8 Å². The Morgan fingerprint density at radius 2 is 2.14 bits per heavy atom. The number of aryl methyl sites for hydroxylation is 1. The number of rotatable bonds is 6. The molecular formula is C21H29N3O4. The van der Waals surface area contributed by atoms with Crippen LogP contribution in [0.5, 0.6) is 0 Å². The largest absolute Gasteiger partial charge is 0.461 e. The molecule has 1 saturated carbocycles. The first-order chi connectivity index (χ1) is 13.3. The molecule has 2 unspecified atom stereocenters. The van der Waals surface area contributed by atoms with E-state index in [-0.39, 0.29) is 24.3 Å². The average Bonchev–Trinajstić information content (AvgIpc) is 2.98. The molecule has 28 heavy (non-hydrogen) atoms. The minimum absolute atomic E-state index is 0.00153. The van der Waals surface area contributed by atoms with Gasteiger partial charge in [0.25, 0.3) is 5.69 Å². The Bertz CT molecular complexity index is 874. The molecule has 1 aliphatic carbocycles. The normalized spacial score (nSPS) is 22.5. The second-order valence-electron chi connectivity index (χ2n) is 8.25. The van der Waals surface area contributed by atoms with Crippen molar-refractivity contribution in [2.45, 2.75) is 66.0 Å². The van der Waals surface area contributed by atoms with Gasteiger partial charge in [-0.25, -0.2) is 4.98 Å². The minimum atomic E-state index is -0.436. The van der Waals surface area contributed by atoms with Gasteiger partial charge in [0.15, 0.2) is 0 Å². The summed E-state index contributed by atoms with van der Waals surface area (Å²) in [7, 11) is 0. The second-order valence-corrected chi connectivity index (χ2v) is 8.25. The number of esters is 1. The average molecular weight is 387 g/mol. The highest BCUT2D eigenvalue weighted by Gasteiger charge is 2.33. The maximum absolute atomic E-state index is 12.8. The zero-order valence-electron chi connectivity index (χ0n) is 17.1. The van der Waals surface area contributed by atoms with E-state index >= 15 is 0 Å². The van der Waals surface area contributed by atoms with E-state index in [4.69, 9.17) is 4.74 Å². The lowest BCUT2D eigenvalue weighted by Crippen LogP contribution is -2.36. The zero-order valence-corrected chi connectivity index (χ0v) is 17.1. The third-order valence-corrected chi connectivity index (χ3v) is 5.87. The van der Waals surface area contributed by atoms with Crippen LogP contribution in [0.3, 0.4) is 0 Å². The van der Waals surface area contributed by atoms with Crippen molar-refractivity contribution in [1.29, 1.82) is 0 Å². The number of nitro groups is 1. The Balaban J connectivity index is 1.81. The number of imidazole rings is 1. The number of nitrogens with zero attached hydrogens (tertiary/aromatic N) is 3. The Labute approximate surface area is 165 Å². The maximum atomic E-state index is 12.8. The molecule has 0 aliphatic heterocycles. The molecule has 3 rings (SSSR count). The van der Waals surface area contributed by atoms with Crippen LogP contribution in [-0.4, -0.2) is 26.5 Å². The van der Waals surface area contributed by atoms with Gasteiger partial charge in [0.2, 0.25) is 0 Å². The smallest absolute Gasteiger partial charge is 0.326 e. The van der Waals surface area contributed by atoms with Crippen LogP contribution in [0, 0.1) is 27.9 Å². The van der Waals surface area contributed by atoms with Crippen LogP contribution in [0.1, 0.15) is 52.8 Å². The number of ether oxygens (including phenoxy) is 1. The van der Waals surface area contributed by atoms with Crippen LogP contribution in [0.2, 0.25) is 0 Å². The molecule has 0 amide bonds. The third-order valence-electron chi connectivity index (χ3n) is 5.87. The summed E-state index contributed by atoms with van der Waals surface area (Å²) in [5.41, 5.74) is 1.25. The lowest BCUT2D eigenvalue weighted by molar-refractivity contribution is -0.384. The zero-order chi connectivity index (χ0) is 20.4. The third kappa shape index (κ3) is 4.18. The van der Waals surface area contributed by atoms with Crippen molar-refractivity contribution >= 4 is 22.7 Å². The first-order valence-corrected chi connectivity index (χ1v) is 10.1. The number of hydrogen-bond acceptors (Lipinski definition) is 5. The molecule has 1 aromatic carbocycles. The van der Waals surface area contributed by atoms with Gasteiger partial charge in [0.05, 0.1) is 16.0 Å². The fourth-order valence-corrected chi connectivity index (χ4v) is 4.31. The number of hydrogen-bond donors (Lipinski definition) is 0. The number of fused-ring (bicyclic) bond motifs is 1. The highest BCUT2D eigenvalue weighted by atomic mass is 16.6. The van der Waals surface area contributed by atoms with E-state index in [1.165, 1.54) is 18.6 Å². The standard InChI is InChI=1S/C21H29N3O4/c1-5-20-22-17-11-15(24(26)27)7-9-18(17)23(20)12-21(25)28-19-10-14(4)6-8-16(19)13(2)3/h7,9,11,13-14,16,19H,5-6,8,10,12H2,1-4H3/t14?,16?,19-/m1/s1. The first-order valence-electron chi connectivity index (χ1n) is 10.1. The second kappa shape index (κ2) is 8.29. The molecule has 3 atom stereocenters. The maximum Gasteiger partial charge on any atom is 0.326 e. The van der Waals surface area contributed by atoms with Gasteiger partial charge in [0, 0.05) is 18.6 Å². The van der Waals surface area contributed by atoms with Gasteiger partial charge in [-0.1, -0.05) is 34.1 Å². The molecule has 1 heterocycles. The molecule has 0 spiro atoms. The van der Waals surface area contributed by atoms with E-state index in [0.29, 0.717) is 29.7 Å². The molecule has 152 valence electrons. The quantitative estimate of drug-likeness (QED) is 0.413. The van der Waals surface area contributed by atoms with E-state index in [9.17, 15) is 14.9 Å². The van der Waals surface area contributed by atoms with E-state index in [1.54, 1.807) is 6.07 Å². The molecule has 2 aromatic rings. The summed E-state index contributed by atoms with van der Waals surface area (Å²) in [4.78, 5) is 27.8. The molecular weight excluding hydrogens is 358 g/mol. The number of carbonyl (C=O) groups excluding carboxylic acids is 1. The van der Waals surface area contributed by atoms with Crippen LogP contribution < -0.4 is 0 Å². The fraction of sp³-hybridized carbons (Fsp3) is 0.619. The Hall–Kier alpha value is -2.44. The van der Waals surface area contributed by atoms with E-state index in [0.717, 1.165) is 24.2 Å². The fourth-order valence-electron chi connectivity index (χ4n) is 4.31. The van der Waals surface area contributed by atoms with Crippen molar-refractivity contribution in [1.82, 2.24) is 9.55 Å². The lowest BCUT2D eigenvalue weighted by Gasteiger charge is -2.36. The van der Waals surface area contributed by atoms with Crippen LogP contribution in [0.4, 0.5) is 5.69 Å². The van der Waals surface area contributed by atoms with Gasteiger partial charge in [-0.15, -0.1) is 0 Å². The van der Waals surface area contributed by atoms with Crippen LogP contribution in [0.25, 0.3) is 11.0 Å². The number of benzene rings is 1. The molecule has 0 saturated heterocycles. The summed E-state index contributed by atoms with van der Waals surface area (Å²) in [6, 6.07) is 4.56. The van der Waals surface area contributed by atoms with Crippen LogP contribution >= 0.6 is 0 Å². The SMILES string of the molecule is CCc1nc2cc([N+](=O)[O-])ccc2n1CC(=O)O[C@@H]1CC(C)CCC1C(C)C. The lowest BCUT2D eigenvalue weighted by atomic mass is 9.75. The van der Waals surface area contributed by atoms with E-state index < -0.39 is 4.92 Å². The highest BCUT2D eigenvalue weighted by molar-refractivity contribution is 5.81. The van der Waals surface area contributed by atoms with Gasteiger partial charge in [-0.2, -0.15) is 0 Å². The van der Waals surface area contributed by atoms with Crippen molar-refractivity contribution in [2.24, 2.45) is 17.8 Å². The van der Waals surface area contributed by atoms with Gasteiger partial charge in [-0.05, 0) is 36.7 Å². The van der Waals surface area contributed by atoms with Crippen molar-refractivity contribution in [2.75, 3.05) is 0 Å². The number of non-ortho nitro benzene ring substituents is 1.